The van der Waals surface area contributed by atoms with Gasteiger partial charge in [-0.1, -0.05) is 128 Å². The number of benzene rings is 3. The Balaban J connectivity index is 1.08. The number of carbonyl (C=O) groups is 3. The van der Waals surface area contributed by atoms with Crippen LogP contribution >= 0.6 is 0 Å². The van der Waals surface area contributed by atoms with Crippen LogP contribution in [0, 0.1) is 6.92 Å². The number of ether oxygens (including phenoxy) is 6. The zero-order valence-electron chi connectivity index (χ0n) is 44.3. The first-order chi connectivity index (χ1) is 36.3. The number of fused-ring (bicyclic) bond motifs is 6. The van der Waals surface area contributed by atoms with Gasteiger partial charge in [0.2, 0.25) is 0 Å². The summed E-state index contributed by atoms with van der Waals surface area (Å²) in [5.74, 6) is -3.18. The van der Waals surface area contributed by atoms with Gasteiger partial charge in [0.05, 0.1) is 18.8 Å². The lowest BCUT2D eigenvalue weighted by Gasteiger charge is -2.40. The third-order valence-corrected chi connectivity index (χ3v) is 14.8. The number of rotatable bonds is 35. The van der Waals surface area contributed by atoms with E-state index in [1.807, 2.05) is 0 Å². The summed E-state index contributed by atoms with van der Waals surface area (Å²) in [6.07, 6.45) is 25.7. The highest BCUT2D eigenvalue weighted by molar-refractivity contribution is 5.91. The summed E-state index contributed by atoms with van der Waals surface area (Å²) < 4.78 is 39.2. The maximum Gasteiger partial charge on any atom is 0.338 e. The van der Waals surface area contributed by atoms with Gasteiger partial charge in [0.1, 0.15) is 34.9 Å². The van der Waals surface area contributed by atoms with E-state index in [9.17, 15) is 39.9 Å². The molecule has 3 heterocycles. The Kier molecular flexibility index (Phi) is 24.1. The predicted octanol–water partition coefficient (Wildman–Crippen LogP) is 13.1. The second-order valence-electron chi connectivity index (χ2n) is 20.8. The van der Waals surface area contributed by atoms with E-state index >= 15 is 0 Å². The van der Waals surface area contributed by atoms with E-state index in [0.29, 0.717) is 61.7 Å². The van der Waals surface area contributed by atoms with Crippen molar-refractivity contribution < 1.29 is 78.6 Å². The van der Waals surface area contributed by atoms with Gasteiger partial charge in [-0.25, -0.2) is 4.79 Å². The Hall–Kier alpha value is -5.61. The van der Waals surface area contributed by atoms with Crippen LogP contribution in [0.2, 0.25) is 0 Å². The largest absolute Gasteiger partial charge is 0.508 e. The van der Waals surface area contributed by atoms with E-state index in [1.54, 1.807) is 0 Å². The van der Waals surface area contributed by atoms with Crippen LogP contribution in [0.5, 0.6) is 46.0 Å². The second kappa shape index (κ2) is 30.8. The maximum atomic E-state index is 13.8. The van der Waals surface area contributed by atoms with Crippen molar-refractivity contribution in [1.29, 1.82) is 0 Å². The van der Waals surface area contributed by atoms with Crippen molar-refractivity contribution in [3.63, 3.8) is 0 Å². The molecule has 0 bridgehead atoms. The molecular weight excluding hydrogens is 965 g/mol. The Morgan fingerprint density at radius 1 is 0.493 bits per heavy atom. The number of esters is 1. The van der Waals surface area contributed by atoms with Crippen LogP contribution in [-0.4, -0.2) is 85.6 Å². The molecular formula is C59H84O16. The Bertz CT molecular complexity index is 2250. The molecule has 0 saturated carbocycles. The fourth-order valence-electron chi connectivity index (χ4n) is 10.5. The van der Waals surface area contributed by atoms with Crippen molar-refractivity contribution in [2.24, 2.45) is 0 Å². The number of carboxylic acids is 2. The number of phenols is 5. The number of hydrogen-bond acceptors (Lipinski definition) is 14. The fourth-order valence-corrected chi connectivity index (χ4v) is 10.5. The van der Waals surface area contributed by atoms with Crippen LogP contribution < -0.4 is 14.2 Å². The van der Waals surface area contributed by atoms with E-state index in [4.69, 9.17) is 38.6 Å². The minimum atomic E-state index is -1.11. The van der Waals surface area contributed by atoms with Crippen LogP contribution in [-0.2, 0) is 43.1 Å². The quantitative estimate of drug-likeness (QED) is 0.0164. The van der Waals surface area contributed by atoms with Crippen LogP contribution in [0.3, 0.4) is 0 Å². The molecule has 0 aromatic heterocycles. The van der Waals surface area contributed by atoms with Gasteiger partial charge in [-0.2, -0.15) is 0 Å². The zero-order valence-corrected chi connectivity index (χ0v) is 44.3. The third kappa shape index (κ3) is 18.3. The van der Waals surface area contributed by atoms with Crippen molar-refractivity contribution in [3.8, 4) is 46.0 Å². The van der Waals surface area contributed by atoms with Gasteiger partial charge in [0.25, 0.3) is 0 Å². The van der Waals surface area contributed by atoms with Crippen LogP contribution in [0.1, 0.15) is 224 Å². The molecule has 2 unspecified atom stereocenters. The minimum Gasteiger partial charge on any atom is -0.508 e. The number of aromatic hydroxyl groups is 5. The van der Waals surface area contributed by atoms with Crippen molar-refractivity contribution in [3.05, 3.63) is 57.6 Å². The average Bonchev–Trinajstić information content (AvgIpc) is 3.40. The molecule has 16 nitrogen and oxygen atoms in total. The van der Waals surface area contributed by atoms with Crippen LogP contribution in [0.25, 0.3) is 0 Å². The molecule has 3 aromatic carbocycles. The highest BCUT2D eigenvalue weighted by Gasteiger charge is 2.43. The Labute approximate surface area is 442 Å². The molecule has 16 heteroatoms. The molecule has 0 spiro atoms. The monoisotopic (exact) mass is 1050 g/mol. The maximum absolute atomic E-state index is 13.8. The van der Waals surface area contributed by atoms with Crippen LogP contribution in [0.15, 0.2) is 24.3 Å². The summed E-state index contributed by atoms with van der Waals surface area (Å²) in [6, 6.07) is 4.91. The summed E-state index contributed by atoms with van der Waals surface area (Å²) in [7, 11) is 0. The first kappa shape index (κ1) is 58.6. The molecule has 0 saturated heterocycles. The molecule has 3 aliphatic heterocycles. The summed E-state index contributed by atoms with van der Waals surface area (Å²) >= 11 is 0. The number of carbonyl (C=O) groups excluding carboxylic acids is 1. The molecule has 75 heavy (non-hydrogen) atoms. The molecule has 416 valence electrons. The Morgan fingerprint density at radius 3 is 1.28 bits per heavy atom. The van der Waals surface area contributed by atoms with Gasteiger partial charge in [0, 0.05) is 59.9 Å². The highest BCUT2D eigenvalue weighted by Crippen LogP contribution is 2.54. The molecule has 7 N–H and O–H groups in total. The van der Waals surface area contributed by atoms with Gasteiger partial charge in [-0.15, -0.1) is 0 Å². The van der Waals surface area contributed by atoms with Gasteiger partial charge in [0.15, 0.2) is 35.9 Å². The van der Waals surface area contributed by atoms with E-state index in [-0.39, 0.29) is 47.5 Å². The molecule has 0 radical (unpaired) electrons. The Morgan fingerprint density at radius 2 is 0.867 bits per heavy atom. The molecule has 0 aliphatic carbocycles. The average molecular weight is 1050 g/mol. The number of phenolic OH excluding ortho intramolecular Hbond substituents is 5. The number of unbranched alkanes of at least 4 members (excludes halogenated alkanes) is 22. The molecule has 3 aromatic rings. The van der Waals surface area contributed by atoms with E-state index < -0.39 is 59.9 Å². The summed E-state index contributed by atoms with van der Waals surface area (Å²) in [6.45, 7) is 2.58. The molecule has 6 rings (SSSR count). The number of hydrogen-bond donors (Lipinski definition) is 7. The van der Waals surface area contributed by atoms with E-state index in [2.05, 4.69) is 0 Å². The normalized spacial score (nSPS) is 17.7. The zero-order chi connectivity index (χ0) is 53.5. The van der Waals surface area contributed by atoms with Crippen molar-refractivity contribution in [2.75, 3.05) is 13.2 Å². The first-order valence-electron chi connectivity index (χ1n) is 28.2. The standard InChI is InChI=1S/C59H84O16/c1-39-45(60)36-41(37-46(39)61)59(69)72-49-38-44-57-42(28-30-53(74-57)71-33-25-21-17-13-9-5-3-7-11-15-19-23-27-51(66)67)56-43(58(44)75-55(49)40-34-47(62)54(68)48(63)35-40)29-31-52(73-56)70-32-24-20-16-12-8-4-2-6-10-14-18-22-26-50(64)65/h34-37,49,52-53,55,60-63,68H,2-33,38H2,1H3,(H,64,65)(H,66,67)/t49-,52?,53?,55-/m1/s1. The molecule has 3 aliphatic rings. The lowest BCUT2D eigenvalue weighted by Crippen LogP contribution is -2.38. The van der Waals surface area contributed by atoms with Gasteiger partial charge in [-0.05, 0) is 69.7 Å². The SMILES string of the molecule is Cc1c(O)cc(C(=O)O[C@@H]2Cc3c4c(c5c(c3O[C@@H]2c2cc(O)c(O)c(O)c2)CCC(OCCCCCCCCCCCCCCC(=O)O)O5)CCC(OCCCCCCCCCCCCCCC(=O)O)O4)cc1O. The first-order valence-corrected chi connectivity index (χ1v) is 28.2. The van der Waals surface area contributed by atoms with Gasteiger partial charge >= 0.3 is 17.9 Å². The van der Waals surface area contributed by atoms with Crippen molar-refractivity contribution >= 4 is 17.9 Å². The highest BCUT2D eigenvalue weighted by atomic mass is 16.7. The molecule has 0 fully saturated rings. The molecule has 0 amide bonds. The van der Waals surface area contributed by atoms with E-state index in [1.165, 1.54) is 102 Å². The van der Waals surface area contributed by atoms with E-state index in [0.717, 1.165) is 94.6 Å². The van der Waals surface area contributed by atoms with Gasteiger partial charge < -0.3 is 64.2 Å². The lowest BCUT2D eigenvalue weighted by atomic mass is 9.86. The van der Waals surface area contributed by atoms with Crippen molar-refractivity contribution in [1.82, 2.24) is 0 Å². The smallest absolute Gasteiger partial charge is 0.338 e. The van der Waals surface area contributed by atoms with Crippen molar-refractivity contribution in [2.45, 2.75) is 231 Å². The predicted molar refractivity (Wildman–Crippen MR) is 281 cm³/mol. The topological polar surface area (TPSA) is 248 Å². The lowest BCUT2D eigenvalue weighted by molar-refractivity contribution is -0.138. The third-order valence-electron chi connectivity index (χ3n) is 14.8. The number of carboxylic acid groups (broad SMARTS) is 2. The number of aliphatic carboxylic acids is 2. The minimum absolute atomic E-state index is 0.0726. The summed E-state index contributed by atoms with van der Waals surface area (Å²) in [5, 5.41) is 70.1. The summed E-state index contributed by atoms with van der Waals surface area (Å²) in [4.78, 5) is 35.2. The summed E-state index contributed by atoms with van der Waals surface area (Å²) in [5.41, 5.74) is 2.60. The fraction of sp³-hybridized carbons (Fsp3) is 0.644. The van der Waals surface area contributed by atoms with Gasteiger partial charge in [-0.3, -0.25) is 9.59 Å². The van der Waals surface area contributed by atoms with Crippen LogP contribution in [0.4, 0.5) is 0 Å². The second-order valence-corrected chi connectivity index (χ2v) is 20.8. The molecule has 4 atom stereocenters.